The van der Waals surface area contributed by atoms with Crippen molar-refractivity contribution < 1.29 is 32.9 Å². The number of ether oxygens (including phenoxy) is 2. The zero-order valence-electron chi connectivity index (χ0n) is 15.8. The average molecular weight is 458 g/mol. The lowest BCUT2D eigenvalue weighted by Crippen LogP contribution is -2.42. The van der Waals surface area contributed by atoms with Crippen LogP contribution in [0.25, 0.3) is 0 Å². The van der Waals surface area contributed by atoms with Crippen LogP contribution >= 0.6 is 19.8 Å². The summed E-state index contributed by atoms with van der Waals surface area (Å²) in [5.74, 6) is -0.639. The molecule has 1 aromatic rings. The normalized spacial score (nSPS) is 29.0. The summed E-state index contributed by atoms with van der Waals surface area (Å²) in [4.78, 5) is 36.6. The number of hydrogen-bond acceptors (Lipinski definition) is 8. The number of carbonyl (C=O) groups is 1. The van der Waals surface area contributed by atoms with Gasteiger partial charge in [-0.15, -0.1) is 0 Å². The molecule has 0 aliphatic carbocycles. The van der Waals surface area contributed by atoms with E-state index >= 15 is 0 Å². The Morgan fingerprint density at radius 2 is 2.17 bits per heavy atom. The molecule has 1 unspecified atom stereocenters. The van der Waals surface area contributed by atoms with Crippen molar-refractivity contribution >= 4 is 25.7 Å². The summed E-state index contributed by atoms with van der Waals surface area (Å²) < 4.78 is 42.7. The summed E-state index contributed by atoms with van der Waals surface area (Å²) in [6.07, 6.45) is -4.48. The summed E-state index contributed by atoms with van der Waals surface area (Å²) >= 11 is 5.72. The van der Waals surface area contributed by atoms with Crippen LogP contribution in [0.4, 0.5) is 4.39 Å². The van der Waals surface area contributed by atoms with Gasteiger partial charge >= 0.3 is 11.7 Å². The van der Waals surface area contributed by atoms with E-state index in [4.69, 9.17) is 25.6 Å². The fourth-order valence-corrected chi connectivity index (χ4v) is 3.66. The quantitative estimate of drug-likeness (QED) is 0.279. The number of nitrogens with one attached hydrogen (secondary N) is 2. The van der Waals surface area contributed by atoms with Crippen LogP contribution in [0.5, 0.6) is 0 Å². The molecule has 6 atom stereocenters. The Balaban J connectivity index is 2.00. The smallest absolute Gasteiger partial charge is 0.330 e. The lowest BCUT2D eigenvalue weighted by Gasteiger charge is -2.22. The van der Waals surface area contributed by atoms with Crippen molar-refractivity contribution in [2.45, 2.75) is 56.5 Å². The molecule has 1 aliphatic rings. The maximum absolute atomic E-state index is 14.8. The van der Waals surface area contributed by atoms with Gasteiger partial charge in [0, 0.05) is 12.3 Å². The van der Waals surface area contributed by atoms with Crippen LogP contribution in [0.3, 0.4) is 0 Å². The van der Waals surface area contributed by atoms with E-state index in [1.165, 1.54) is 6.92 Å². The Bertz CT molecular complexity index is 876. The number of esters is 1. The number of carbonyl (C=O) groups excluding carboxylic acids is 1. The standard InChI is InChI=1S/C15H22ClFN3O8P/c1-7(2)27-12(23)8(3)19-29(25)26-6-9-11(22)15(16,17)13(28-9)20-5-4-10(21)18-14(20)24/h4-5,7-9,11,13,22,29H,6H2,1-3H3,(H,19,25)(H,18,21,24)/t8-,9+,11+,13+,15+/m0/s1. The third-order valence-electron chi connectivity index (χ3n) is 3.90. The van der Waals surface area contributed by atoms with Gasteiger partial charge in [-0.05, 0) is 20.8 Å². The zero-order chi connectivity index (χ0) is 21.9. The summed E-state index contributed by atoms with van der Waals surface area (Å²) in [6.45, 7) is 4.18. The Kier molecular flexibility index (Phi) is 7.77. The van der Waals surface area contributed by atoms with Gasteiger partial charge in [-0.1, -0.05) is 11.6 Å². The topological polar surface area (TPSA) is 149 Å². The van der Waals surface area contributed by atoms with E-state index in [9.17, 15) is 28.4 Å². The molecule has 164 valence electrons. The van der Waals surface area contributed by atoms with Crippen LogP contribution in [-0.4, -0.2) is 56.7 Å². The Morgan fingerprint density at radius 3 is 2.76 bits per heavy atom. The van der Waals surface area contributed by atoms with E-state index in [0.29, 0.717) is 4.57 Å². The van der Waals surface area contributed by atoms with Crippen LogP contribution in [0.15, 0.2) is 21.9 Å². The van der Waals surface area contributed by atoms with Gasteiger partial charge in [0.25, 0.3) is 18.9 Å². The molecule has 0 amide bonds. The molecule has 0 aromatic carbocycles. The molecule has 3 N–H and O–H groups in total. The molecule has 0 saturated carbocycles. The van der Waals surface area contributed by atoms with Crippen LogP contribution in [0.2, 0.25) is 0 Å². The lowest BCUT2D eigenvalue weighted by molar-refractivity contribution is -0.149. The Morgan fingerprint density at radius 1 is 1.52 bits per heavy atom. The molecule has 1 fully saturated rings. The summed E-state index contributed by atoms with van der Waals surface area (Å²) in [5.41, 5.74) is -1.70. The number of nitrogens with zero attached hydrogens (tertiary/aromatic N) is 1. The van der Waals surface area contributed by atoms with Crippen LogP contribution in [0.1, 0.15) is 27.0 Å². The van der Waals surface area contributed by atoms with Crippen molar-refractivity contribution in [1.29, 1.82) is 0 Å². The number of aliphatic hydroxyl groups excluding tert-OH is 1. The monoisotopic (exact) mass is 457 g/mol. The Labute approximate surface area is 170 Å². The average Bonchev–Trinajstić information content (AvgIpc) is 2.82. The fourth-order valence-electron chi connectivity index (χ4n) is 2.49. The zero-order valence-corrected chi connectivity index (χ0v) is 17.5. The van der Waals surface area contributed by atoms with Crippen molar-refractivity contribution in [2.24, 2.45) is 0 Å². The molecule has 2 rings (SSSR count). The molecule has 29 heavy (non-hydrogen) atoms. The van der Waals surface area contributed by atoms with Gasteiger partial charge in [-0.25, -0.2) is 14.3 Å². The minimum atomic E-state index is -2.98. The number of H-pyrrole nitrogens is 1. The third kappa shape index (κ3) is 5.74. The van der Waals surface area contributed by atoms with Crippen LogP contribution in [-0.2, 0) is 23.4 Å². The van der Waals surface area contributed by atoms with Crippen LogP contribution in [0, 0.1) is 0 Å². The lowest BCUT2D eigenvalue weighted by atomic mass is 10.1. The van der Waals surface area contributed by atoms with Gasteiger partial charge in [-0.2, -0.15) is 0 Å². The highest BCUT2D eigenvalue weighted by atomic mass is 35.5. The Hall–Kier alpha value is -1.56. The van der Waals surface area contributed by atoms with Crippen molar-refractivity contribution in [2.75, 3.05) is 6.61 Å². The molecule has 1 aliphatic heterocycles. The molecule has 14 heteroatoms. The first-order chi connectivity index (χ1) is 13.4. The van der Waals surface area contributed by atoms with E-state index in [2.05, 4.69) is 5.09 Å². The number of halogens is 2. The summed E-state index contributed by atoms with van der Waals surface area (Å²) in [5, 5.41) is 9.56. The highest BCUT2D eigenvalue weighted by Gasteiger charge is 2.57. The van der Waals surface area contributed by atoms with E-state index in [0.717, 1.165) is 12.3 Å². The number of aliphatic hydroxyl groups is 1. The number of alkyl halides is 2. The number of hydrogen-bond donors (Lipinski definition) is 3. The fraction of sp³-hybridized carbons (Fsp3) is 0.667. The van der Waals surface area contributed by atoms with Gasteiger partial charge in [0.15, 0.2) is 6.23 Å². The summed E-state index contributed by atoms with van der Waals surface area (Å²) in [6, 6.07) is 0.0211. The van der Waals surface area contributed by atoms with Gasteiger partial charge < -0.3 is 19.1 Å². The minimum Gasteiger partial charge on any atom is -0.462 e. The highest BCUT2D eigenvalue weighted by molar-refractivity contribution is 7.36. The second-order valence-corrected chi connectivity index (χ2v) is 8.35. The summed E-state index contributed by atoms with van der Waals surface area (Å²) in [7, 11) is -2.98. The molecule has 0 spiro atoms. The maximum atomic E-state index is 14.8. The first kappa shape index (κ1) is 23.7. The van der Waals surface area contributed by atoms with E-state index in [1.807, 2.05) is 4.98 Å². The van der Waals surface area contributed by atoms with Gasteiger partial charge in [0.05, 0.1) is 12.7 Å². The van der Waals surface area contributed by atoms with Crippen LogP contribution < -0.4 is 16.3 Å². The molecule has 11 nitrogen and oxygen atoms in total. The number of rotatable bonds is 8. The first-order valence-electron chi connectivity index (χ1n) is 8.60. The minimum absolute atomic E-state index is 0.355. The predicted molar refractivity (Wildman–Crippen MR) is 99.7 cm³/mol. The van der Waals surface area contributed by atoms with Crippen molar-refractivity contribution in [3.05, 3.63) is 33.1 Å². The van der Waals surface area contributed by atoms with Gasteiger partial charge in [-0.3, -0.25) is 23.7 Å². The predicted octanol–water partition coefficient (Wildman–Crippen LogP) is 0.0355. The molecule has 1 aromatic heterocycles. The van der Waals surface area contributed by atoms with Crippen molar-refractivity contribution in [3.8, 4) is 0 Å². The highest BCUT2D eigenvalue weighted by Crippen LogP contribution is 2.44. The second-order valence-electron chi connectivity index (χ2n) is 6.61. The van der Waals surface area contributed by atoms with Crippen molar-refractivity contribution in [1.82, 2.24) is 14.6 Å². The maximum Gasteiger partial charge on any atom is 0.330 e. The van der Waals surface area contributed by atoms with Gasteiger partial charge in [0.1, 0.15) is 18.2 Å². The van der Waals surface area contributed by atoms with E-state index < -0.39 is 61.6 Å². The molecule has 1 saturated heterocycles. The molecule has 0 bridgehead atoms. The number of aromatic amines is 1. The largest absolute Gasteiger partial charge is 0.462 e. The molecular formula is C15H22ClFN3O8P. The van der Waals surface area contributed by atoms with E-state index in [-0.39, 0.29) is 6.10 Å². The van der Waals surface area contributed by atoms with E-state index in [1.54, 1.807) is 13.8 Å². The molecule has 0 radical (unpaired) electrons. The first-order valence-corrected chi connectivity index (χ1v) is 10.3. The molecule has 2 heterocycles. The number of aromatic nitrogens is 2. The van der Waals surface area contributed by atoms with Gasteiger partial charge in [0.2, 0.25) is 0 Å². The second kappa shape index (κ2) is 9.50. The van der Waals surface area contributed by atoms with Crippen molar-refractivity contribution in [3.63, 3.8) is 0 Å². The molecular weight excluding hydrogens is 436 g/mol. The SMILES string of the molecule is CC(C)OC(=O)[C@H](C)N[PH](=O)OC[C@H]1O[C@@H](n2ccc(=O)[nH]c2=O)[C@@](F)(Cl)[C@@H]1O. The third-order valence-corrected chi connectivity index (χ3v) is 5.41.